The van der Waals surface area contributed by atoms with Gasteiger partial charge in [-0.3, -0.25) is 4.79 Å². The Labute approximate surface area is 108 Å². The van der Waals surface area contributed by atoms with Crippen LogP contribution < -0.4 is 5.56 Å². The zero-order chi connectivity index (χ0) is 13.0. The third-order valence-corrected chi connectivity index (χ3v) is 3.48. The molecule has 4 heteroatoms. The van der Waals surface area contributed by atoms with Crippen molar-refractivity contribution >= 4 is 10.9 Å². The van der Waals surface area contributed by atoms with Gasteiger partial charge in [0.1, 0.15) is 5.82 Å². The van der Waals surface area contributed by atoms with Gasteiger partial charge in [0.15, 0.2) is 0 Å². The normalized spacial score (nSPS) is 12.5. The summed E-state index contributed by atoms with van der Waals surface area (Å²) in [6.07, 6.45) is 0. The van der Waals surface area contributed by atoms with Crippen LogP contribution in [0.15, 0.2) is 47.3 Å². The van der Waals surface area contributed by atoms with E-state index in [9.17, 15) is 9.18 Å². The van der Waals surface area contributed by atoms with Crippen LogP contribution in [0.2, 0.25) is 0 Å². The van der Waals surface area contributed by atoms with Gasteiger partial charge in [-0.15, -0.1) is 0 Å². The molecule has 4 rings (SSSR count). The van der Waals surface area contributed by atoms with Gasteiger partial charge in [-0.2, -0.15) is 0 Å². The first kappa shape index (κ1) is 10.4. The van der Waals surface area contributed by atoms with Crippen molar-refractivity contribution in [2.75, 3.05) is 0 Å². The number of benzene rings is 1. The van der Waals surface area contributed by atoms with Crippen LogP contribution in [0.4, 0.5) is 4.39 Å². The number of hydrogen-bond acceptors (Lipinski definition) is 2. The minimum atomic E-state index is -0.276. The molecule has 0 bridgehead atoms. The second kappa shape index (κ2) is 3.51. The van der Waals surface area contributed by atoms with E-state index in [-0.39, 0.29) is 11.4 Å². The van der Waals surface area contributed by atoms with E-state index in [0.29, 0.717) is 6.54 Å². The van der Waals surface area contributed by atoms with Gasteiger partial charge in [-0.1, -0.05) is 6.07 Å². The molecular formula is C15H9FN2O. The minimum absolute atomic E-state index is 0.0364. The summed E-state index contributed by atoms with van der Waals surface area (Å²) in [6.45, 7) is 0.504. The predicted molar refractivity (Wildman–Crippen MR) is 70.5 cm³/mol. The average molecular weight is 252 g/mol. The Hall–Kier alpha value is -2.49. The minimum Gasteiger partial charge on any atom is -0.302 e. The van der Waals surface area contributed by atoms with Gasteiger partial charge in [0.25, 0.3) is 5.56 Å². The number of rotatable bonds is 0. The first-order valence-corrected chi connectivity index (χ1v) is 6.02. The van der Waals surface area contributed by atoms with Crippen molar-refractivity contribution in [1.82, 2.24) is 9.55 Å². The lowest BCUT2D eigenvalue weighted by molar-refractivity contribution is 0.629. The molecule has 3 nitrogen and oxygen atoms in total. The lowest BCUT2D eigenvalue weighted by atomic mass is 10.1. The molecule has 3 aromatic rings. The molecule has 0 aliphatic carbocycles. The average Bonchev–Trinajstić information content (AvgIpc) is 2.75. The summed E-state index contributed by atoms with van der Waals surface area (Å²) in [5.41, 5.74) is 3.31. The zero-order valence-corrected chi connectivity index (χ0v) is 9.93. The first-order chi connectivity index (χ1) is 9.22. The highest BCUT2D eigenvalue weighted by Gasteiger charge is 2.20. The lowest BCUT2D eigenvalue weighted by Crippen LogP contribution is -2.16. The maximum atomic E-state index is 13.2. The van der Waals surface area contributed by atoms with E-state index < -0.39 is 0 Å². The number of nitrogens with zero attached hydrogens (tertiary/aromatic N) is 2. The number of fused-ring (bicyclic) bond motifs is 4. The summed E-state index contributed by atoms with van der Waals surface area (Å²) in [5.74, 6) is -0.276. The molecule has 0 spiro atoms. The Morgan fingerprint density at radius 1 is 1.16 bits per heavy atom. The summed E-state index contributed by atoms with van der Waals surface area (Å²) in [6, 6.07) is 11.6. The SMILES string of the molecule is O=c1cccc2n1Cc1cc3cc(F)ccc3nc1-2. The first-order valence-electron chi connectivity index (χ1n) is 6.02. The molecule has 0 atom stereocenters. The molecule has 0 N–H and O–H groups in total. The standard InChI is InChI=1S/C15H9FN2O/c16-11-4-5-12-9(7-11)6-10-8-18-13(15(10)17-12)2-1-3-14(18)19/h1-7H,8H2. The molecule has 19 heavy (non-hydrogen) atoms. The maximum absolute atomic E-state index is 13.2. The fourth-order valence-corrected chi connectivity index (χ4v) is 2.59. The molecule has 0 unspecified atom stereocenters. The highest BCUT2D eigenvalue weighted by molar-refractivity contribution is 5.83. The van der Waals surface area contributed by atoms with E-state index >= 15 is 0 Å². The van der Waals surface area contributed by atoms with Crippen LogP contribution in [-0.2, 0) is 6.54 Å². The van der Waals surface area contributed by atoms with E-state index in [2.05, 4.69) is 4.98 Å². The third-order valence-electron chi connectivity index (χ3n) is 3.48. The van der Waals surface area contributed by atoms with Gasteiger partial charge in [-0.05, 0) is 30.3 Å². The third kappa shape index (κ3) is 1.43. The van der Waals surface area contributed by atoms with Crippen LogP contribution in [0.5, 0.6) is 0 Å². The van der Waals surface area contributed by atoms with E-state index in [0.717, 1.165) is 27.9 Å². The molecule has 0 radical (unpaired) electrons. The number of pyridine rings is 2. The number of aromatic nitrogens is 2. The maximum Gasteiger partial charge on any atom is 0.251 e. The van der Waals surface area contributed by atoms with Crippen LogP contribution in [0.3, 0.4) is 0 Å². The van der Waals surface area contributed by atoms with Crippen molar-refractivity contribution in [1.29, 1.82) is 0 Å². The van der Waals surface area contributed by atoms with Crippen LogP contribution in [0, 0.1) is 5.82 Å². The van der Waals surface area contributed by atoms with E-state index in [1.807, 2.05) is 12.1 Å². The van der Waals surface area contributed by atoms with Crippen molar-refractivity contribution in [3.63, 3.8) is 0 Å². The van der Waals surface area contributed by atoms with E-state index in [1.54, 1.807) is 16.7 Å². The Morgan fingerprint density at radius 3 is 2.95 bits per heavy atom. The van der Waals surface area contributed by atoms with Gasteiger partial charge in [0.2, 0.25) is 0 Å². The molecule has 92 valence electrons. The smallest absolute Gasteiger partial charge is 0.251 e. The van der Waals surface area contributed by atoms with Crippen LogP contribution in [-0.4, -0.2) is 9.55 Å². The van der Waals surface area contributed by atoms with Crippen molar-refractivity contribution in [2.45, 2.75) is 6.54 Å². The Morgan fingerprint density at radius 2 is 2.05 bits per heavy atom. The topological polar surface area (TPSA) is 34.9 Å². The van der Waals surface area contributed by atoms with E-state index in [4.69, 9.17) is 0 Å². The van der Waals surface area contributed by atoms with Gasteiger partial charge in [-0.25, -0.2) is 9.37 Å². The van der Waals surface area contributed by atoms with E-state index in [1.165, 1.54) is 18.2 Å². The summed E-state index contributed by atoms with van der Waals surface area (Å²) in [4.78, 5) is 16.4. The Bertz CT molecular complexity index is 883. The molecule has 0 saturated carbocycles. The molecule has 3 heterocycles. The van der Waals surface area contributed by atoms with Crippen LogP contribution >= 0.6 is 0 Å². The van der Waals surface area contributed by atoms with Crippen molar-refractivity contribution in [3.8, 4) is 11.4 Å². The van der Waals surface area contributed by atoms with Gasteiger partial charge in [0, 0.05) is 17.0 Å². The number of hydrogen-bond donors (Lipinski definition) is 0. The second-order valence-corrected chi connectivity index (χ2v) is 4.67. The largest absolute Gasteiger partial charge is 0.302 e. The highest BCUT2D eigenvalue weighted by Crippen LogP contribution is 2.30. The molecule has 0 fully saturated rings. The van der Waals surface area contributed by atoms with Crippen molar-refractivity contribution < 1.29 is 4.39 Å². The highest BCUT2D eigenvalue weighted by atomic mass is 19.1. The molecule has 1 aliphatic heterocycles. The van der Waals surface area contributed by atoms with Gasteiger partial charge >= 0.3 is 0 Å². The molecular weight excluding hydrogens is 243 g/mol. The van der Waals surface area contributed by atoms with Crippen LogP contribution in [0.25, 0.3) is 22.3 Å². The summed E-state index contributed by atoms with van der Waals surface area (Å²) in [7, 11) is 0. The summed E-state index contributed by atoms with van der Waals surface area (Å²) < 4.78 is 14.9. The lowest BCUT2D eigenvalue weighted by Gasteiger charge is -2.02. The monoisotopic (exact) mass is 252 g/mol. The fourth-order valence-electron chi connectivity index (χ4n) is 2.59. The fraction of sp³-hybridized carbons (Fsp3) is 0.0667. The zero-order valence-electron chi connectivity index (χ0n) is 9.93. The Balaban J connectivity index is 2.06. The van der Waals surface area contributed by atoms with Crippen molar-refractivity contribution in [2.24, 2.45) is 0 Å². The predicted octanol–water partition coefficient (Wildman–Crippen LogP) is 2.56. The number of halogens is 1. The van der Waals surface area contributed by atoms with Gasteiger partial charge in [0.05, 0.1) is 23.4 Å². The molecule has 2 aromatic heterocycles. The van der Waals surface area contributed by atoms with Crippen molar-refractivity contribution in [3.05, 3.63) is 64.2 Å². The summed E-state index contributed by atoms with van der Waals surface area (Å²) in [5, 5.41) is 0.764. The summed E-state index contributed by atoms with van der Waals surface area (Å²) >= 11 is 0. The second-order valence-electron chi connectivity index (χ2n) is 4.67. The Kier molecular flexibility index (Phi) is 1.93. The molecule has 0 saturated heterocycles. The van der Waals surface area contributed by atoms with Crippen LogP contribution in [0.1, 0.15) is 5.56 Å². The molecule has 1 aromatic carbocycles. The van der Waals surface area contributed by atoms with Gasteiger partial charge < -0.3 is 4.57 Å². The quantitative estimate of drug-likeness (QED) is 0.482. The molecule has 1 aliphatic rings. The molecule has 0 amide bonds.